The first-order valence-corrected chi connectivity index (χ1v) is 7.72. The zero-order valence-corrected chi connectivity index (χ0v) is 13.6. The molecule has 0 aliphatic heterocycles. The van der Waals surface area contributed by atoms with Crippen molar-refractivity contribution in [2.24, 2.45) is 0 Å². The second-order valence-electron chi connectivity index (χ2n) is 4.89. The fraction of sp³-hybridized carbons (Fsp3) is 0.312. The molecule has 0 atom stereocenters. The van der Waals surface area contributed by atoms with Crippen LogP contribution in [0, 0.1) is 6.92 Å². The first kappa shape index (κ1) is 16.2. The number of amides is 1. The number of ether oxygens (including phenoxy) is 1. The van der Waals surface area contributed by atoms with Crippen LogP contribution in [0.5, 0.6) is 5.75 Å². The van der Waals surface area contributed by atoms with Crippen LogP contribution in [0.2, 0.25) is 0 Å². The molecular formula is C16H18N2O3S. The fourth-order valence-corrected chi connectivity index (χ4v) is 2.89. The van der Waals surface area contributed by atoms with Crippen molar-refractivity contribution in [2.75, 3.05) is 12.4 Å². The topological polar surface area (TPSA) is 68.3 Å². The van der Waals surface area contributed by atoms with E-state index in [2.05, 4.69) is 10.3 Å². The van der Waals surface area contributed by atoms with E-state index in [4.69, 9.17) is 4.74 Å². The van der Waals surface area contributed by atoms with Crippen molar-refractivity contribution in [1.82, 2.24) is 4.98 Å². The fourth-order valence-electron chi connectivity index (χ4n) is 2.01. The molecule has 22 heavy (non-hydrogen) atoms. The lowest BCUT2D eigenvalue weighted by Crippen LogP contribution is -2.12. The normalized spacial score (nSPS) is 10.3. The summed E-state index contributed by atoms with van der Waals surface area (Å²) < 4.78 is 5.09. The van der Waals surface area contributed by atoms with E-state index in [9.17, 15) is 9.59 Å². The van der Waals surface area contributed by atoms with E-state index in [-0.39, 0.29) is 11.7 Å². The van der Waals surface area contributed by atoms with Crippen molar-refractivity contribution in [3.8, 4) is 5.75 Å². The highest BCUT2D eigenvalue weighted by molar-refractivity contribution is 7.17. The second kappa shape index (κ2) is 7.17. The monoisotopic (exact) mass is 318 g/mol. The van der Waals surface area contributed by atoms with Gasteiger partial charge in [0.2, 0.25) is 5.91 Å². The highest BCUT2D eigenvalue weighted by Gasteiger charge is 2.13. The van der Waals surface area contributed by atoms with Crippen molar-refractivity contribution in [1.29, 1.82) is 0 Å². The number of anilines is 1. The van der Waals surface area contributed by atoms with Gasteiger partial charge in [-0.2, -0.15) is 0 Å². The van der Waals surface area contributed by atoms with Gasteiger partial charge in [0.05, 0.1) is 17.7 Å². The van der Waals surface area contributed by atoms with E-state index in [0.29, 0.717) is 28.5 Å². The maximum atomic E-state index is 11.9. The van der Waals surface area contributed by atoms with E-state index in [1.807, 2.05) is 24.3 Å². The number of Topliss-reactive ketones (excluding diaryl/α,β-unsaturated/α-hetero) is 1. The van der Waals surface area contributed by atoms with Gasteiger partial charge < -0.3 is 10.1 Å². The Balaban J connectivity index is 1.89. The highest BCUT2D eigenvalue weighted by Crippen LogP contribution is 2.23. The summed E-state index contributed by atoms with van der Waals surface area (Å²) in [5, 5.41) is 3.22. The minimum Gasteiger partial charge on any atom is -0.497 e. The number of hydrogen-bond acceptors (Lipinski definition) is 5. The SMILES string of the molecule is COc1ccc(CCC(=O)Nc2nc(C)c(C(C)=O)s2)cc1. The third-order valence-electron chi connectivity index (χ3n) is 3.16. The second-order valence-corrected chi connectivity index (χ2v) is 5.89. The molecule has 1 N–H and O–H groups in total. The quantitative estimate of drug-likeness (QED) is 0.830. The number of ketones is 1. The zero-order valence-electron chi connectivity index (χ0n) is 12.8. The van der Waals surface area contributed by atoms with Crippen LogP contribution in [0.4, 0.5) is 5.13 Å². The summed E-state index contributed by atoms with van der Waals surface area (Å²) in [6.07, 6.45) is 1.00. The van der Waals surface area contributed by atoms with Crippen molar-refractivity contribution < 1.29 is 14.3 Å². The molecule has 1 amide bonds. The Bertz CT molecular complexity index is 677. The number of hydrogen-bond donors (Lipinski definition) is 1. The Kier molecular flexibility index (Phi) is 5.27. The Hall–Kier alpha value is -2.21. The number of nitrogens with zero attached hydrogens (tertiary/aromatic N) is 1. The zero-order chi connectivity index (χ0) is 16.1. The van der Waals surface area contributed by atoms with Gasteiger partial charge >= 0.3 is 0 Å². The molecule has 2 rings (SSSR count). The van der Waals surface area contributed by atoms with E-state index >= 15 is 0 Å². The summed E-state index contributed by atoms with van der Waals surface area (Å²) >= 11 is 1.21. The largest absolute Gasteiger partial charge is 0.497 e. The van der Waals surface area contributed by atoms with Crippen molar-refractivity contribution in [3.63, 3.8) is 0 Å². The number of carbonyl (C=O) groups excluding carboxylic acids is 2. The lowest BCUT2D eigenvalue weighted by molar-refractivity contribution is -0.116. The molecule has 5 nitrogen and oxygen atoms in total. The average Bonchev–Trinajstić information content (AvgIpc) is 2.86. The lowest BCUT2D eigenvalue weighted by atomic mass is 10.1. The molecule has 1 aromatic heterocycles. The lowest BCUT2D eigenvalue weighted by Gasteiger charge is -2.04. The number of rotatable bonds is 6. The van der Waals surface area contributed by atoms with Crippen molar-refractivity contribution in [3.05, 3.63) is 40.4 Å². The van der Waals surface area contributed by atoms with Crippen LogP contribution in [0.1, 0.15) is 34.3 Å². The first-order valence-electron chi connectivity index (χ1n) is 6.90. The van der Waals surface area contributed by atoms with Crippen LogP contribution >= 0.6 is 11.3 Å². The van der Waals surface area contributed by atoms with E-state index in [1.54, 1.807) is 14.0 Å². The number of thiazole rings is 1. The minimum absolute atomic E-state index is 0.0336. The molecule has 116 valence electrons. The van der Waals surface area contributed by atoms with Crippen LogP contribution < -0.4 is 10.1 Å². The molecular weight excluding hydrogens is 300 g/mol. The number of aryl methyl sites for hydroxylation is 2. The summed E-state index contributed by atoms with van der Waals surface area (Å²) in [6, 6.07) is 7.62. The molecule has 0 radical (unpaired) electrons. The molecule has 0 bridgehead atoms. The third-order valence-corrected chi connectivity index (χ3v) is 4.34. The van der Waals surface area contributed by atoms with Gasteiger partial charge in [-0.05, 0) is 31.0 Å². The molecule has 1 aromatic carbocycles. The van der Waals surface area contributed by atoms with Gasteiger partial charge in [-0.1, -0.05) is 23.5 Å². The molecule has 0 unspecified atom stereocenters. The number of nitrogens with one attached hydrogen (secondary N) is 1. The molecule has 6 heteroatoms. The molecule has 0 spiro atoms. The van der Waals surface area contributed by atoms with Crippen molar-refractivity contribution >= 4 is 28.2 Å². The minimum atomic E-state index is -0.111. The van der Waals surface area contributed by atoms with Gasteiger partial charge in [-0.25, -0.2) is 4.98 Å². The summed E-state index contributed by atoms with van der Waals surface area (Å²) in [5.41, 5.74) is 1.72. The van der Waals surface area contributed by atoms with Crippen LogP contribution in [-0.4, -0.2) is 23.8 Å². The van der Waals surface area contributed by atoms with E-state index in [1.165, 1.54) is 18.3 Å². The summed E-state index contributed by atoms with van der Waals surface area (Å²) in [5.74, 6) is 0.650. The van der Waals surface area contributed by atoms with Crippen LogP contribution in [0.15, 0.2) is 24.3 Å². The van der Waals surface area contributed by atoms with Gasteiger partial charge in [-0.3, -0.25) is 9.59 Å². The predicted molar refractivity (Wildman–Crippen MR) is 86.8 cm³/mol. The average molecular weight is 318 g/mol. The standard InChI is InChI=1S/C16H18N2O3S/c1-10-15(11(2)19)22-16(17-10)18-14(20)9-6-12-4-7-13(21-3)8-5-12/h4-5,7-8H,6,9H2,1-3H3,(H,17,18,20). The third kappa shape index (κ3) is 4.14. The predicted octanol–water partition coefficient (Wildman–Crippen LogP) is 3.23. The van der Waals surface area contributed by atoms with Gasteiger partial charge in [0, 0.05) is 13.3 Å². The number of methoxy groups -OCH3 is 1. The van der Waals surface area contributed by atoms with E-state index < -0.39 is 0 Å². The van der Waals surface area contributed by atoms with Gasteiger partial charge in [0.25, 0.3) is 0 Å². The molecule has 2 aromatic rings. The molecule has 0 saturated carbocycles. The van der Waals surface area contributed by atoms with E-state index in [0.717, 1.165) is 11.3 Å². The summed E-state index contributed by atoms with van der Waals surface area (Å²) in [4.78, 5) is 28.1. The first-order chi connectivity index (χ1) is 10.5. The molecule has 0 saturated heterocycles. The van der Waals surface area contributed by atoms with Gasteiger partial charge in [0.1, 0.15) is 5.75 Å². The number of carbonyl (C=O) groups is 2. The Morgan fingerprint density at radius 3 is 2.50 bits per heavy atom. The number of benzene rings is 1. The van der Waals surface area contributed by atoms with Crippen LogP contribution in [0.3, 0.4) is 0 Å². The molecule has 0 aliphatic rings. The van der Waals surface area contributed by atoms with Crippen LogP contribution in [-0.2, 0) is 11.2 Å². The maximum absolute atomic E-state index is 11.9. The van der Waals surface area contributed by atoms with Crippen molar-refractivity contribution in [2.45, 2.75) is 26.7 Å². The van der Waals surface area contributed by atoms with Gasteiger partial charge in [0.15, 0.2) is 10.9 Å². The Morgan fingerprint density at radius 1 is 1.27 bits per heavy atom. The molecule has 1 heterocycles. The van der Waals surface area contributed by atoms with Gasteiger partial charge in [-0.15, -0.1) is 0 Å². The highest BCUT2D eigenvalue weighted by atomic mass is 32.1. The summed E-state index contributed by atoms with van der Waals surface area (Å²) in [6.45, 7) is 3.26. The maximum Gasteiger partial charge on any atom is 0.226 e. The summed E-state index contributed by atoms with van der Waals surface area (Å²) in [7, 11) is 1.62. The number of aromatic nitrogens is 1. The van der Waals surface area contributed by atoms with Crippen LogP contribution in [0.25, 0.3) is 0 Å². The Morgan fingerprint density at radius 2 is 1.95 bits per heavy atom. The smallest absolute Gasteiger partial charge is 0.226 e. The molecule has 0 fully saturated rings. The molecule has 0 aliphatic carbocycles. The Labute approximate surface area is 133 Å².